The van der Waals surface area contributed by atoms with Gasteiger partial charge < -0.3 is 9.52 Å². The number of hydrogen-bond acceptors (Lipinski definition) is 4. The van der Waals surface area contributed by atoms with Crippen LogP contribution in [-0.4, -0.2) is 15.9 Å². The van der Waals surface area contributed by atoms with Crippen molar-refractivity contribution in [2.24, 2.45) is 0 Å². The average molecular weight is 345 g/mol. The molecule has 0 amide bonds. The molecule has 4 nitrogen and oxygen atoms in total. The zero-order valence-corrected chi connectivity index (χ0v) is 14.5. The Hall–Kier alpha value is -2.72. The van der Waals surface area contributed by atoms with Gasteiger partial charge in [-0.15, -0.1) is 0 Å². The lowest BCUT2D eigenvalue weighted by molar-refractivity contribution is -0.153. The van der Waals surface area contributed by atoms with Crippen molar-refractivity contribution in [1.29, 1.82) is 0 Å². The van der Waals surface area contributed by atoms with Gasteiger partial charge in [-0.3, -0.25) is 4.79 Å². The lowest BCUT2D eigenvalue weighted by Crippen LogP contribution is -2.57. The molecule has 2 aliphatic rings. The summed E-state index contributed by atoms with van der Waals surface area (Å²) in [4.78, 5) is 17.6. The Balaban J connectivity index is 1.84. The molecule has 2 aromatic carbocycles. The Kier molecular flexibility index (Phi) is 3.07. The second-order valence-electron chi connectivity index (χ2n) is 7.43. The van der Waals surface area contributed by atoms with E-state index in [0.29, 0.717) is 23.8 Å². The number of Topliss-reactive ketones (excluding diaryl/α,β-unsaturated/α-hetero) is 1. The van der Waals surface area contributed by atoms with Crippen molar-refractivity contribution in [1.82, 2.24) is 4.98 Å². The minimum absolute atomic E-state index is 0.171. The Bertz CT molecular complexity index is 1020. The summed E-state index contributed by atoms with van der Waals surface area (Å²) in [6.07, 6.45) is 1.87. The van der Waals surface area contributed by atoms with E-state index in [1.165, 1.54) is 0 Å². The molecule has 3 aromatic rings. The lowest BCUT2D eigenvalue weighted by atomic mass is 9.55. The summed E-state index contributed by atoms with van der Waals surface area (Å²) < 4.78 is 6.10. The molecular weight excluding hydrogens is 326 g/mol. The van der Waals surface area contributed by atoms with Crippen LogP contribution >= 0.6 is 0 Å². The fourth-order valence-corrected chi connectivity index (χ4v) is 4.61. The van der Waals surface area contributed by atoms with Gasteiger partial charge in [-0.05, 0) is 30.5 Å². The van der Waals surface area contributed by atoms with Gasteiger partial charge in [-0.2, -0.15) is 0 Å². The van der Waals surface area contributed by atoms with Gasteiger partial charge in [0.25, 0.3) is 0 Å². The maximum Gasteiger partial charge on any atom is 0.227 e. The molecule has 0 saturated heterocycles. The Morgan fingerprint density at radius 3 is 2.62 bits per heavy atom. The Labute approximate surface area is 151 Å². The van der Waals surface area contributed by atoms with E-state index < -0.39 is 11.0 Å². The number of hydrogen-bond donors (Lipinski definition) is 1. The van der Waals surface area contributed by atoms with Crippen molar-refractivity contribution >= 4 is 5.78 Å². The van der Waals surface area contributed by atoms with Crippen LogP contribution in [-0.2, 0) is 15.8 Å². The number of carbonyl (C=O) groups is 1. The quantitative estimate of drug-likeness (QED) is 0.717. The zero-order valence-electron chi connectivity index (χ0n) is 14.5. The predicted molar refractivity (Wildman–Crippen MR) is 97.5 cm³/mol. The van der Waals surface area contributed by atoms with Crippen LogP contribution in [0, 0.1) is 0 Å². The van der Waals surface area contributed by atoms with Crippen LogP contribution in [0.5, 0.6) is 0 Å². The number of fused-ring (bicyclic) bond motifs is 6. The highest BCUT2D eigenvalue weighted by molar-refractivity contribution is 5.95. The van der Waals surface area contributed by atoms with E-state index in [2.05, 4.69) is 4.98 Å². The standard InChI is InChI=1S/C22H19NO3/c1-21-13-7-12-17(24)22(21,25)19-18(15-10-5-6-11-16(15)21)26-20(23-19)14-8-3-2-4-9-14/h2-6,8-11,25H,7,12-13H2,1H3/t21-,22+/m0/s1. The van der Waals surface area contributed by atoms with Crippen molar-refractivity contribution in [3.05, 3.63) is 65.9 Å². The van der Waals surface area contributed by atoms with Gasteiger partial charge in [0.1, 0.15) is 5.69 Å². The first-order valence-electron chi connectivity index (χ1n) is 8.98. The lowest BCUT2D eigenvalue weighted by Gasteiger charge is -2.49. The molecule has 2 atom stereocenters. The highest BCUT2D eigenvalue weighted by Crippen LogP contribution is 2.58. The third kappa shape index (κ3) is 1.77. The summed E-state index contributed by atoms with van der Waals surface area (Å²) in [5.74, 6) is 0.769. The first-order valence-corrected chi connectivity index (χ1v) is 8.98. The summed E-state index contributed by atoms with van der Waals surface area (Å²) >= 11 is 0. The van der Waals surface area contributed by atoms with Gasteiger partial charge in [0.15, 0.2) is 17.1 Å². The first kappa shape index (κ1) is 15.5. The second kappa shape index (κ2) is 5.15. The van der Waals surface area contributed by atoms with Gasteiger partial charge >= 0.3 is 0 Å². The van der Waals surface area contributed by atoms with Gasteiger partial charge in [0.05, 0.1) is 0 Å². The number of carbonyl (C=O) groups excluding carboxylic acids is 1. The van der Waals surface area contributed by atoms with Crippen LogP contribution in [0.4, 0.5) is 0 Å². The molecule has 1 N–H and O–H groups in total. The van der Waals surface area contributed by atoms with Gasteiger partial charge in [0, 0.05) is 23.0 Å². The number of benzene rings is 2. The predicted octanol–water partition coefficient (Wildman–Crippen LogP) is 4.22. The van der Waals surface area contributed by atoms with Crippen molar-refractivity contribution in [2.75, 3.05) is 0 Å². The monoisotopic (exact) mass is 345 g/mol. The summed E-state index contributed by atoms with van der Waals surface area (Å²) in [6.45, 7) is 1.97. The van der Waals surface area contributed by atoms with Crippen LogP contribution in [0.25, 0.3) is 22.8 Å². The van der Waals surface area contributed by atoms with Crippen molar-refractivity contribution in [3.63, 3.8) is 0 Å². The highest BCUT2D eigenvalue weighted by atomic mass is 16.4. The minimum Gasteiger partial charge on any atom is -0.436 e. The first-order chi connectivity index (χ1) is 12.6. The normalized spacial score (nSPS) is 26.8. The number of rotatable bonds is 1. The van der Waals surface area contributed by atoms with E-state index in [1.807, 2.05) is 61.5 Å². The third-order valence-electron chi connectivity index (χ3n) is 6.04. The van der Waals surface area contributed by atoms with E-state index in [-0.39, 0.29) is 5.78 Å². The van der Waals surface area contributed by atoms with Gasteiger partial charge in [0.2, 0.25) is 5.89 Å². The topological polar surface area (TPSA) is 63.3 Å². The van der Waals surface area contributed by atoms with Crippen molar-refractivity contribution in [3.8, 4) is 22.8 Å². The molecule has 0 aliphatic heterocycles. The molecular formula is C22H19NO3. The molecule has 5 rings (SSSR count). The van der Waals surface area contributed by atoms with Gasteiger partial charge in [-0.1, -0.05) is 49.4 Å². The summed E-state index contributed by atoms with van der Waals surface area (Å²) in [7, 11) is 0. The van der Waals surface area contributed by atoms with Crippen molar-refractivity contribution in [2.45, 2.75) is 37.2 Å². The molecule has 26 heavy (non-hydrogen) atoms. The van der Waals surface area contributed by atoms with Crippen LogP contribution in [0.2, 0.25) is 0 Å². The molecule has 1 saturated carbocycles. The van der Waals surface area contributed by atoms with E-state index >= 15 is 0 Å². The molecule has 0 unspecified atom stereocenters. The van der Waals surface area contributed by atoms with Gasteiger partial charge in [-0.25, -0.2) is 4.98 Å². The number of aromatic nitrogens is 1. The molecule has 0 spiro atoms. The third-order valence-corrected chi connectivity index (χ3v) is 6.04. The molecule has 1 fully saturated rings. The molecule has 130 valence electrons. The highest BCUT2D eigenvalue weighted by Gasteiger charge is 2.62. The SMILES string of the molecule is C[C@@]12CCCC(=O)[C@@]1(O)c1nc(-c3ccccc3)oc1-c1ccccc12. The maximum atomic E-state index is 12.9. The maximum absolute atomic E-state index is 12.9. The van der Waals surface area contributed by atoms with E-state index in [9.17, 15) is 9.90 Å². The van der Waals surface area contributed by atoms with E-state index in [1.54, 1.807) is 0 Å². The summed E-state index contributed by atoms with van der Waals surface area (Å²) in [5, 5.41) is 11.7. The number of ketones is 1. The van der Waals surface area contributed by atoms with Crippen LogP contribution in [0.3, 0.4) is 0 Å². The largest absolute Gasteiger partial charge is 0.436 e. The number of oxazole rings is 1. The van der Waals surface area contributed by atoms with Crippen LogP contribution in [0.15, 0.2) is 59.0 Å². The minimum atomic E-state index is -1.65. The fourth-order valence-electron chi connectivity index (χ4n) is 4.61. The Morgan fingerprint density at radius 1 is 1.08 bits per heavy atom. The summed E-state index contributed by atoms with van der Waals surface area (Å²) in [5.41, 5.74) is 0.718. The summed E-state index contributed by atoms with van der Waals surface area (Å²) in [6, 6.07) is 17.5. The van der Waals surface area contributed by atoms with Crippen molar-refractivity contribution < 1.29 is 14.3 Å². The fraction of sp³-hybridized carbons (Fsp3) is 0.273. The molecule has 1 aromatic heterocycles. The van der Waals surface area contributed by atoms with Crippen LogP contribution < -0.4 is 0 Å². The van der Waals surface area contributed by atoms with E-state index in [4.69, 9.17) is 4.42 Å². The zero-order chi connectivity index (χ0) is 17.9. The Morgan fingerprint density at radius 2 is 1.81 bits per heavy atom. The molecule has 0 bridgehead atoms. The number of nitrogens with zero attached hydrogens (tertiary/aromatic N) is 1. The molecule has 2 aliphatic carbocycles. The molecule has 4 heteroatoms. The smallest absolute Gasteiger partial charge is 0.227 e. The van der Waals surface area contributed by atoms with Crippen LogP contribution in [0.1, 0.15) is 37.4 Å². The molecule has 0 radical (unpaired) electrons. The van der Waals surface area contributed by atoms with E-state index in [0.717, 1.165) is 29.5 Å². The second-order valence-corrected chi connectivity index (χ2v) is 7.43. The molecule has 1 heterocycles. The number of aliphatic hydroxyl groups is 1. The average Bonchev–Trinajstić information content (AvgIpc) is 3.12.